The summed E-state index contributed by atoms with van der Waals surface area (Å²) in [6.45, 7) is 9.21. The second-order valence-electron chi connectivity index (χ2n) is 8.02. The molecular weight excluding hydrogens is 382 g/mol. The van der Waals surface area contributed by atoms with Crippen molar-refractivity contribution < 1.29 is 4.42 Å². The fourth-order valence-corrected chi connectivity index (χ4v) is 4.31. The third-order valence-electron chi connectivity index (χ3n) is 5.77. The molecule has 0 aliphatic heterocycles. The molecular formula is C27H25N3O. The Morgan fingerprint density at radius 2 is 1.68 bits per heavy atom. The monoisotopic (exact) mass is 407 g/mol. The van der Waals surface area contributed by atoms with Crippen molar-refractivity contribution in [3.05, 3.63) is 83.7 Å². The van der Waals surface area contributed by atoms with Crippen molar-refractivity contribution in [3.63, 3.8) is 0 Å². The molecule has 0 saturated heterocycles. The fraction of sp³-hybridized carbons (Fsp3) is 0.185. The molecule has 4 heteroatoms. The van der Waals surface area contributed by atoms with Gasteiger partial charge in [-0.05, 0) is 62.6 Å². The minimum absolute atomic E-state index is 0.627. The highest BCUT2D eigenvalue weighted by molar-refractivity contribution is 5.89. The molecule has 31 heavy (non-hydrogen) atoms. The Morgan fingerprint density at radius 1 is 0.871 bits per heavy atom. The number of fused-ring (bicyclic) bond motifs is 1. The number of nitrogens with zero attached hydrogens (tertiary/aromatic N) is 3. The molecule has 0 aliphatic rings. The fourth-order valence-electron chi connectivity index (χ4n) is 4.31. The molecule has 0 atom stereocenters. The summed E-state index contributed by atoms with van der Waals surface area (Å²) in [5.74, 6) is 2.41. The quantitative estimate of drug-likeness (QED) is 0.323. The zero-order chi connectivity index (χ0) is 21.5. The van der Waals surface area contributed by atoms with E-state index in [0.717, 1.165) is 40.3 Å². The summed E-state index contributed by atoms with van der Waals surface area (Å²) in [6, 6.07) is 21.4. The van der Waals surface area contributed by atoms with E-state index in [4.69, 9.17) is 9.40 Å². The van der Waals surface area contributed by atoms with E-state index >= 15 is 0 Å². The number of rotatable bonds is 4. The molecule has 0 fully saturated rings. The van der Waals surface area contributed by atoms with Crippen LogP contribution in [0.3, 0.4) is 0 Å². The van der Waals surface area contributed by atoms with Crippen molar-refractivity contribution in [2.24, 2.45) is 0 Å². The predicted molar refractivity (Wildman–Crippen MR) is 126 cm³/mol. The minimum atomic E-state index is 0.627. The van der Waals surface area contributed by atoms with Crippen molar-refractivity contribution in [2.75, 3.05) is 0 Å². The topological polar surface area (TPSA) is 43.9 Å². The number of hydrogen-bond acceptors (Lipinski definition) is 3. The molecule has 0 unspecified atom stereocenters. The minimum Gasteiger partial charge on any atom is -0.441 e. The maximum Gasteiger partial charge on any atom is 0.226 e. The summed E-state index contributed by atoms with van der Waals surface area (Å²) in [7, 11) is 0. The molecule has 0 bridgehead atoms. The van der Waals surface area contributed by atoms with Gasteiger partial charge in [-0.15, -0.1) is 0 Å². The molecule has 4 nitrogen and oxygen atoms in total. The van der Waals surface area contributed by atoms with Crippen molar-refractivity contribution in [1.82, 2.24) is 14.5 Å². The van der Waals surface area contributed by atoms with Crippen LogP contribution >= 0.6 is 0 Å². The Kier molecular flexibility index (Phi) is 4.70. The maximum absolute atomic E-state index is 5.72. The Morgan fingerprint density at radius 3 is 2.39 bits per heavy atom. The van der Waals surface area contributed by atoms with E-state index in [9.17, 15) is 0 Å². The van der Waals surface area contributed by atoms with E-state index in [0.29, 0.717) is 5.89 Å². The average Bonchev–Trinajstić information content (AvgIpc) is 3.36. The lowest BCUT2D eigenvalue weighted by molar-refractivity contribution is 0.542. The Labute approximate surface area is 182 Å². The van der Waals surface area contributed by atoms with Crippen LogP contribution in [0.4, 0.5) is 0 Å². The van der Waals surface area contributed by atoms with Crippen LogP contribution in [0.2, 0.25) is 0 Å². The van der Waals surface area contributed by atoms with Gasteiger partial charge in [-0.2, -0.15) is 0 Å². The second kappa shape index (κ2) is 7.55. The van der Waals surface area contributed by atoms with E-state index in [1.165, 1.54) is 22.3 Å². The van der Waals surface area contributed by atoms with Crippen molar-refractivity contribution in [1.29, 1.82) is 0 Å². The SMILES string of the molecule is CCn1c(-c2ccccc2-c2ccc(C)cc2C)nc2cc(-c3ncc(C)o3)ccc21. The summed E-state index contributed by atoms with van der Waals surface area (Å²) in [5, 5.41) is 0. The molecule has 0 saturated carbocycles. The molecule has 0 spiro atoms. The third kappa shape index (κ3) is 3.34. The first-order valence-corrected chi connectivity index (χ1v) is 10.6. The van der Waals surface area contributed by atoms with Gasteiger partial charge in [0.2, 0.25) is 5.89 Å². The Hall–Kier alpha value is -3.66. The largest absolute Gasteiger partial charge is 0.441 e. The normalized spacial score (nSPS) is 11.4. The summed E-state index contributed by atoms with van der Waals surface area (Å²) >= 11 is 0. The lowest BCUT2D eigenvalue weighted by Crippen LogP contribution is -1.99. The van der Waals surface area contributed by atoms with Gasteiger partial charge in [0.05, 0.1) is 17.2 Å². The van der Waals surface area contributed by atoms with E-state index in [-0.39, 0.29) is 0 Å². The Bertz CT molecular complexity index is 1410. The van der Waals surface area contributed by atoms with Crippen molar-refractivity contribution in [3.8, 4) is 34.0 Å². The second-order valence-corrected chi connectivity index (χ2v) is 8.02. The van der Waals surface area contributed by atoms with Crippen LogP contribution in [0, 0.1) is 20.8 Å². The van der Waals surface area contributed by atoms with Crippen LogP contribution in [0.5, 0.6) is 0 Å². The molecule has 0 radical (unpaired) electrons. The van der Waals surface area contributed by atoms with Crippen LogP contribution < -0.4 is 0 Å². The highest BCUT2D eigenvalue weighted by Gasteiger charge is 2.17. The standard InChI is InChI=1S/C27H25N3O/c1-5-30-25-13-11-20(27-28-16-19(4)31-27)15-24(25)29-26(30)23-9-7-6-8-22(23)21-12-10-17(2)14-18(21)3/h6-16H,5H2,1-4H3. The molecule has 0 aliphatic carbocycles. The summed E-state index contributed by atoms with van der Waals surface area (Å²) < 4.78 is 8.00. The van der Waals surface area contributed by atoms with Gasteiger partial charge in [-0.1, -0.05) is 48.0 Å². The van der Waals surface area contributed by atoms with Crippen LogP contribution in [-0.2, 0) is 6.54 Å². The van der Waals surface area contributed by atoms with Gasteiger partial charge in [0.25, 0.3) is 0 Å². The van der Waals surface area contributed by atoms with Crippen LogP contribution in [0.1, 0.15) is 23.8 Å². The number of hydrogen-bond donors (Lipinski definition) is 0. The zero-order valence-electron chi connectivity index (χ0n) is 18.3. The molecule has 0 N–H and O–H groups in total. The van der Waals surface area contributed by atoms with Gasteiger partial charge in [0, 0.05) is 17.7 Å². The van der Waals surface area contributed by atoms with Crippen molar-refractivity contribution >= 4 is 11.0 Å². The van der Waals surface area contributed by atoms with E-state index in [1.807, 2.05) is 6.92 Å². The molecule has 154 valence electrons. The third-order valence-corrected chi connectivity index (χ3v) is 5.77. The smallest absolute Gasteiger partial charge is 0.226 e. The van der Waals surface area contributed by atoms with E-state index in [2.05, 4.69) is 91.0 Å². The van der Waals surface area contributed by atoms with Gasteiger partial charge in [-0.25, -0.2) is 9.97 Å². The summed E-state index contributed by atoms with van der Waals surface area (Å²) in [4.78, 5) is 9.44. The first-order chi connectivity index (χ1) is 15.0. The molecule has 5 rings (SSSR count). The van der Waals surface area contributed by atoms with Crippen LogP contribution in [-0.4, -0.2) is 14.5 Å². The summed E-state index contributed by atoms with van der Waals surface area (Å²) in [5.41, 5.74) is 9.12. The van der Waals surface area contributed by atoms with Crippen LogP contribution in [0.15, 0.2) is 71.3 Å². The maximum atomic E-state index is 5.72. The van der Waals surface area contributed by atoms with Gasteiger partial charge in [0.1, 0.15) is 11.6 Å². The van der Waals surface area contributed by atoms with Gasteiger partial charge in [-0.3, -0.25) is 0 Å². The Balaban J connectivity index is 1.70. The zero-order valence-corrected chi connectivity index (χ0v) is 18.3. The lowest BCUT2D eigenvalue weighted by atomic mass is 9.94. The predicted octanol–water partition coefficient (Wildman–Crippen LogP) is 6.97. The highest BCUT2D eigenvalue weighted by atomic mass is 16.4. The molecule has 2 aromatic heterocycles. The first kappa shape index (κ1) is 19.3. The molecule has 2 heterocycles. The van der Waals surface area contributed by atoms with Gasteiger partial charge >= 0.3 is 0 Å². The van der Waals surface area contributed by atoms with Crippen molar-refractivity contribution in [2.45, 2.75) is 34.2 Å². The molecule has 0 amide bonds. The summed E-state index contributed by atoms with van der Waals surface area (Å²) in [6.07, 6.45) is 1.75. The molecule has 3 aromatic carbocycles. The number of aryl methyl sites for hydroxylation is 4. The average molecular weight is 408 g/mol. The number of imidazole rings is 1. The van der Waals surface area contributed by atoms with Gasteiger partial charge in [0.15, 0.2) is 0 Å². The number of aromatic nitrogens is 3. The highest BCUT2D eigenvalue weighted by Crippen LogP contribution is 2.36. The van der Waals surface area contributed by atoms with E-state index in [1.54, 1.807) is 6.20 Å². The number of oxazole rings is 1. The first-order valence-electron chi connectivity index (χ1n) is 10.6. The lowest BCUT2D eigenvalue weighted by Gasteiger charge is -2.14. The molecule has 5 aromatic rings. The van der Waals surface area contributed by atoms with Crippen LogP contribution in [0.25, 0.3) is 45.0 Å². The number of benzene rings is 3. The van der Waals surface area contributed by atoms with Gasteiger partial charge < -0.3 is 8.98 Å². The van der Waals surface area contributed by atoms with E-state index < -0.39 is 0 Å².